The topological polar surface area (TPSA) is 41.1 Å². The summed E-state index contributed by atoms with van der Waals surface area (Å²) in [5, 5.41) is 5.83. The van der Waals surface area contributed by atoms with E-state index in [4.69, 9.17) is 11.6 Å². The summed E-state index contributed by atoms with van der Waals surface area (Å²) in [4.78, 5) is 11.8. The van der Waals surface area contributed by atoms with E-state index >= 15 is 0 Å². The summed E-state index contributed by atoms with van der Waals surface area (Å²) in [7, 11) is 0. The van der Waals surface area contributed by atoms with Gasteiger partial charge < -0.3 is 10.6 Å². The number of anilines is 2. The largest absolute Gasteiger partial charge is 0.376 e. The van der Waals surface area contributed by atoms with Crippen molar-refractivity contribution >= 4 is 44.8 Å². The van der Waals surface area contributed by atoms with Crippen LogP contribution in [0.5, 0.6) is 0 Å². The summed E-state index contributed by atoms with van der Waals surface area (Å²) in [6, 6.07) is 11.3. The van der Waals surface area contributed by atoms with E-state index in [1.807, 2.05) is 18.2 Å². The summed E-state index contributed by atoms with van der Waals surface area (Å²) >= 11 is 9.07. The fourth-order valence-electron chi connectivity index (χ4n) is 1.60. The van der Waals surface area contributed by atoms with Crippen LogP contribution in [-0.4, -0.2) is 12.5 Å². The van der Waals surface area contributed by atoms with Gasteiger partial charge in [-0.05, 0) is 46.3 Å². The SMILES string of the molecule is O=C(CNc1cc(F)cc(Cl)c1)Nc1ccccc1Br. The minimum Gasteiger partial charge on any atom is -0.376 e. The van der Waals surface area contributed by atoms with Gasteiger partial charge in [0.05, 0.1) is 12.2 Å². The van der Waals surface area contributed by atoms with Gasteiger partial charge in [0.2, 0.25) is 5.91 Å². The standard InChI is InChI=1S/C14H11BrClFN2O/c15-12-3-1-2-4-13(12)19-14(20)8-18-11-6-9(16)5-10(17)7-11/h1-7,18H,8H2,(H,19,20). The maximum atomic E-state index is 13.1. The number of amides is 1. The molecule has 104 valence electrons. The molecule has 3 nitrogen and oxygen atoms in total. The van der Waals surface area contributed by atoms with Gasteiger partial charge in [-0.15, -0.1) is 0 Å². The van der Waals surface area contributed by atoms with Gasteiger partial charge in [0.15, 0.2) is 0 Å². The summed E-state index contributed by atoms with van der Waals surface area (Å²) in [6.07, 6.45) is 0. The van der Waals surface area contributed by atoms with Crippen LogP contribution >= 0.6 is 27.5 Å². The normalized spacial score (nSPS) is 10.2. The molecule has 0 saturated carbocycles. The van der Waals surface area contributed by atoms with Crippen molar-refractivity contribution in [2.75, 3.05) is 17.2 Å². The summed E-state index contributed by atoms with van der Waals surface area (Å²) < 4.78 is 13.9. The third-order valence-electron chi connectivity index (χ3n) is 2.46. The third-order valence-corrected chi connectivity index (χ3v) is 3.37. The van der Waals surface area contributed by atoms with Crippen molar-refractivity contribution in [2.24, 2.45) is 0 Å². The molecule has 0 atom stereocenters. The summed E-state index contributed by atoms with van der Waals surface area (Å²) in [5.74, 6) is -0.691. The molecule has 20 heavy (non-hydrogen) atoms. The Morgan fingerprint density at radius 2 is 2.00 bits per heavy atom. The first kappa shape index (κ1) is 14.8. The Hall–Kier alpha value is -1.59. The number of hydrogen-bond donors (Lipinski definition) is 2. The van der Waals surface area contributed by atoms with Crippen molar-refractivity contribution in [1.29, 1.82) is 0 Å². The average Bonchev–Trinajstić information content (AvgIpc) is 2.38. The first-order valence-corrected chi connectivity index (χ1v) is 6.96. The van der Waals surface area contributed by atoms with Crippen molar-refractivity contribution in [3.05, 3.63) is 57.8 Å². The second kappa shape index (κ2) is 6.72. The van der Waals surface area contributed by atoms with Crippen LogP contribution in [0, 0.1) is 5.82 Å². The molecule has 0 unspecified atom stereocenters. The smallest absolute Gasteiger partial charge is 0.243 e. The Balaban J connectivity index is 1.94. The first-order valence-electron chi connectivity index (χ1n) is 5.79. The number of rotatable bonds is 4. The number of benzene rings is 2. The summed E-state index contributed by atoms with van der Waals surface area (Å²) in [6.45, 7) is 0.0150. The molecule has 2 N–H and O–H groups in total. The van der Waals surface area contributed by atoms with E-state index in [2.05, 4.69) is 26.6 Å². The van der Waals surface area contributed by atoms with Gasteiger partial charge in [0, 0.05) is 15.2 Å². The molecule has 6 heteroatoms. The predicted molar refractivity (Wildman–Crippen MR) is 82.7 cm³/mol. The minimum absolute atomic E-state index is 0.0150. The Morgan fingerprint density at radius 1 is 1.25 bits per heavy atom. The Bertz CT molecular complexity index is 616. The molecule has 0 aliphatic carbocycles. The van der Waals surface area contributed by atoms with Gasteiger partial charge >= 0.3 is 0 Å². The zero-order valence-corrected chi connectivity index (χ0v) is 12.6. The first-order chi connectivity index (χ1) is 9.54. The lowest BCUT2D eigenvalue weighted by Crippen LogP contribution is -2.21. The van der Waals surface area contributed by atoms with Crippen molar-refractivity contribution in [3.8, 4) is 0 Å². The van der Waals surface area contributed by atoms with E-state index in [1.165, 1.54) is 12.1 Å². The lowest BCUT2D eigenvalue weighted by atomic mass is 10.3. The molecule has 2 rings (SSSR count). The highest BCUT2D eigenvalue weighted by Crippen LogP contribution is 2.21. The number of carbonyl (C=O) groups is 1. The van der Waals surface area contributed by atoms with Crippen LogP contribution in [0.4, 0.5) is 15.8 Å². The molecule has 0 radical (unpaired) electrons. The van der Waals surface area contributed by atoms with Crippen molar-refractivity contribution in [3.63, 3.8) is 0 Å². The molecule has 2 aromatic carbocycles. The van der Waals surface area contributed by atoms with Crippen molar-refractivity contribution in [2.45, 2.75) is 0 Å². The number of nitrogens with one attached hydrogen (secondary N) is 2. The number of carbonyl (C=O) groups excluding carboxylic acids is 1. The molecular formula is C14H11BrClFN2O. The van der Waals surface area contributed by atoms with Crippen LogP contribution in [0.1, 0.15) is 0 Å². The van der Waals surface area contributed by atoms with Crippen molar-refractivity contribution < 1.29 is 9.18 Å². The van der Waals surface area contributed by atoms with Crippen LogP contribution < -0.4 is 10.6 Å². The van der Waals surface area contributed by atoms with Crippen LogP contribution in [-0.2, 0) is 4.79 Å². The van der Waals surface area contributed by atoms with E-state index in [1.54, 1.807) is 12.1 Å². The molecule has 0 saturated heterocycles. The van der Waals surface area contributed by atoms with Gasteiger partial charge in [0.1, 0.15) is 5.82 Å². The number of hydrogen-bond acceptors (Lipinski definition) is 2. The predicted octanol–water partition coefficient (Wildman–Crippen LogP) is 4.29. The second-order valence-electron chi connectivity index (χ2n) is 4.04. The molecule has 0 aliphatic rings. The fraction of sp³-hybridized carbons (Fsp3) is 0.0714. The molecule has 0 bridgehead atoms. The maximum absolute atomic E-state index is 13.1. The monoisotopic (exact) mass is 356 g/mol. The highest BCUT2D eigenvalue weighted by atomic mass is 79.9. The Kier molecular flexibility index (Phi) is 4.98. The highest BCUT2D eigenvalue weighted by Gasteiger charge is 2.05. The van der Waals surface area contributed by atoms with Gasteiger partial charge in [-0.2, -0.15) is 0 Å². The van der Waals surface area contributed by atoms with E-state index in [9.17, 15) is 9.18 Å². The number of halogens is 3. The van der Waals surface area contributed by atoms with Crippen LogP contribution in [0.25, 0.3) is 0 Å². The van der Waals surface area contributed by atoms with Crippen LogP contribution in [0.3, 0.4) is 0 Å². The second-order valence-corrected chi connectivity index (χ2v) is 5.33. The Morgan fingerprint density at radius 3 is 2.70 bits per heavy atom. The lowest BCUT2D eigenvalue weighted by molar-refractivity contribution is -0.114. The van der Waals surface area contributed by atoms with E-state index < -0.39 is 5.82 Å². The van der Waals surface area contributed by atoms with E-state index in [0.717, 1.165) is 4.47 Å². The van der Waals surface area contributed by atoms with Gasteiger partial charge in [0.25, 0.3) is 0 Å². The fourth-order valence-corrected chi connectivity index (χ4v) is 2.20. The molecule has 0 heterocycles. The molecule has 0 fully saturated rings. The van der Waals surface area contributed by atoms with Gasteiger partial charge in [-0.3, -0.25) is 4.79 Å². The quantitative estimate of drug-likeness (QED) is 0.857. The van der Waals surface area contributed by atoms with Crippen LogP contribution in [0.15, 0.2) is 46.9 Å². The van der Waals surface area contributed by atoms with E-state index in [0.29, 0.717) is 11.4 Å². The van der Waals surface area contributed by atoms with Crippen molar-refractivity contribution in [1.82, 2.24) is 0 Å². The van der Waals surface area contributed by atoms with Crippen LogP contribution in [0.2, 0.25) is 5.02 Å². The lowest BCUT2D eigenvalue weighted by Gasteiger charge is -2.09. The molecule has 2 aromatic rings. The number of para-hydroxylation sites is 1. The molecular weight excluding hydrogens is 347 g/mol. The Labute approximate surface area is 129 Å². The summed E-state index contributed by atoms with van der Waals surface area (Å²) in [5.41, 5.74) is 1.13. The highest BCUT2D eigenvalue weighted by molar-refractivity contribution is 9.10. The molecule has 0 aromatic heterocycles. The zero-order valence-electron chi connectivity index (χ0n) is 10.3. The zero-order chi connectivity index (χ0) is 14.5. The minimum atomic E-state index is -0.453. The third kappa shape index (κ3) is 4.21. The molecule has 1 amide bonds. The van der Waals surface area contributed by atoms with Gasteiger partial charge in [-0.1, -0.05) is 23.7 Å². The molecule has 0 spiro atoms. The van der Waals surface area contributed by atoms with E-state index in [-0.39, 0.29) is 17.5 Å². The maximum Gasteiger partial charge on any atom is 0.243 e. The van der Waals surface area contributed by atoms with Gasteiger partial charge in [-0.25, -0.2) is 4.39 Å². The average molecular weight is 358 g/mol. The molecule has 0 aliphatic heterocycles.